The van der Waals surface area contributed by atoms with Gasteiger partial charge in [-0.3, -0.25) is 4.79 Å². The second-order valence-electron chi connectivity index (χ2n) is 5.85. The molecule has 126 valence electrons. The zero-order valence-corrected chi connectivity index (χ0v) is 14.0. The van der Waals surface area contributed by atoms with Crippen LogP contribution in [0.1, 0.15) is 28.4 Å². The van der Waals surface area contributed by atoms with Crippen LogP contribution in [0, 0.1) is 0 Å². The Hall–Kier alpha value is -2.21. The van der Waals surface area contributed by atoms with Crippen molar-refractivity contribution >= 4 is 11.6 Å². The molecule has 0 saturated heterocycles. The Balaban J connectivity index is 1.90. The number of aliphatic hydroxyl groups is 1. The molecule has 5 nitrogen and oxygen atoms in total. The molecule has 0 aliphatic carbocycles. The number of nitrogens with zero attached hydrogens (tertiary/aromatic N) is 1. The Morgan fingerprint density at radius 3 is 2.25 bits per heavy atom. The van der Waals surface area contributed by atoms with Gasteiger partial charge in [0.2, 0.25) is 5.79 Å². The molecule has 1 aliphatic rings. The second-order valence-corrected chi connectivity index (χ2v) is 5.85. The van der Waals surface area contributed by atoms with Crippen molar-refractivity contribution in [1.82, 2.24) is 0 Å². The molecule has 2 aromatic carbocycles. The van der Waals surface area contributed by atoms with E-state index in [-0.39, 0.29) is 5.91 Å². The molecule has 1 amide bonds. The third-order valence-corrected chi connectivity index (χ3v) is 4.56. The number of carbonyl (C=O) groups excluding carboxylic acids is 1. The molecule has 0 radical (unpaired) electrons. The van der Waals surface area contributed by atoms with Crippen LogP contribution in [0.2, 0.25) is 0 Å². The summed E-state index contributed by atoms with van der Waals surface area (Å²) in [5, 5.41) is 10.0. The molecule has 3 rings (SSSR count). The minimum absolute atomic E-state index is 0.00128. The van der Waals surface area contributed by atoms with Crippen LogP contribution in [-0.2, 0) is 21.8 Å². The second kappa shape index (κ2) is 6.36. The number of ether oxygens (including phenoxy) is 2. The highest BCUT2D eigenvalue weighted by atomic mass is 16.7. The maximum Gasteiger partial charge on any atom is 0.258 e. The molecule has 1 atom stereocenters. The van der Waals surface area contributed by atoms with Crippen LogP contribution < -0.4 is 4.90 Å². The Labute approximate surface area is 141 Å². The Kier molecular flexibility index (Phi) is 4.41. The molecule has 1 heterocycles. The summed E-state index contributed by atoms with van der Waals surface area (Å²) in [5.74, 6) is -1.23. The van der Waals surface area contributed by atoms with Crippen molar-refractivity contribution in [2.45, 2.75) is 25.4 Å². The van der Waals surface area contributed by atoms with Crippen molar-refractivity contribution in [3.05, 3.63) is 65.2 Å². The van der Waals surface area contributed by atoms with Gasteiger partial charge in [-0.05, 0) is 30.7 Å². The van der Waals surface area contributed by atoms with E-state index in [1.54, 1.807) is 11.8 Å². The number of methoxy groups -OCH3 is 2. The summed E-state index contributed by atoms with van der Waals surface area (Å²) in [5.41, 5.74) is 3.26. The summed E-state index contributed by atoms with van der Waals surface area (Å²) >= 11 is 0. The molecule has 5 heteroatoms. The van der Waals surface area contributed by atoms with E-state index in [2.05, 4.69) is 0 Å². The maximum absolute atomic E-state index is 12.5. The first-order valence-electron chi connectivity index (χ1n) is 7.82. The van der Waals surface area contributed by atoms with Gasteiger partial charge >= 0.3 is 0 Å². The van der Waals surface area contributed by atoms with Gasteiger partial charge in [-0.1, -0.05) is 30.3 Å². The average molecular weight is 327 g/mol. The Morgan fingerprint density at radius 1 is 1.08 bits per heavy atom. The van der Waals surface area contributed by atoms with Crippen molar-refractivity contribution in [3.8, 4) is 0 Å². The number of benzene rings is 2. The van der Waals surface area contributed by atoms with E-state index in [4.69, 9.17) is 9.47 Å². The molecule has 1 aliphatic heterocycles. The van der Waals surface area contributed by atoms with Crippen LogP contribution in [0.3, 0.4) is 0 Å². The van der Waals surface area contributed by atoms with Gasteiger partial charge in [0.05, 0.1) is 6.54 Å². The van der Waals surface area contributed by atoms with Gasteiger partial charge in [0, 0.05) is 31.0 Å². The first kappa shape index (κ1) is 16.6. The van der Waals surface area contributed by atoms with Crippen LogP contribution in [0.5, 0.6) is 0 Å². The van der Waals surface area contributed by atoms with Crippen LogP contribution in [0.25, 0.3) is 0 Å². The SMILES string of the molecule is COC(OC)(c1ccc(N2Cc3ccccc3C2=O)cc1)C(C)O. The van der Waals surface area contributed by atoms with Gasteiger partial charge < -0.3 is 19.5 Å². The van der Waals surface area contributed by atoms with E-state index in [1.165, 1.54) is 14.2 Å². The van der Waals surface area contributed by atoms with Crippen LogP contribution in [0.4, 0.5) is 5.69 Å². The van der Waals surface area contributed by atoms with Crippen LogP contribution >= 0.6 is 0 Å². The molecular formula is C19H21NO4. The maximum atomic E-state index is 12.5. The first-order chi connectivity index (χ1) is 11.5. The minimum atomic E-state index is -1.23. The van der Waals surface area contributed by atoms with E-state index in [0.29, 0.717) is 12.1 Å². The third-order valence-electron chi connectivity index (χ3n) is 4.56. The average Bonchev–Trinajstić information content (AvgIpc) is 2.94. The van der Waals surface area contributed by atoms with Crippen LogP contribution in [0.15, 0.2) is 48.5 Å². The van der Waals surface area contributed by atoms with Crippen molar-refractivity contribution in [2.24, 2.45) is 0 Å². The molecule has 2 aromatic rings. The normalized spacial score (nSPS) is 15.5. The molecule has 0 aromatic heterocycles. The highest BCUT2D eigenvalue weighted by Gasteiger charge is 2.38. The fraction of sp³-hybridized carbons (Fsp3) is 0.316. The monoisotopic (exact) mass is 327 g/mol. The van der Waals surface area contributed by atoms with Gasteiger partial charge in [-0.15, -0.1) is 0 Å². The highest BCUT2D eigenvalue weighted by Crippen LogP contribution is 2.33. The first-order valence-corrected chi connectivity index (χ1v) is 7.82. The summed E-state index contributed by atoms with van der Waals surface area (Å²) in [7, 11) is 2.98. The number of aliphatic hydroxyl groups excluding tert-OH is 1. The van der Waals surface area contributed by atoms with Gasteiger partial charge in [-0.2, -0.15) is 0 Å². The van der Waals surface area contributed by atoms with Crippen molar-refractivity contribution < 1.29 is 19.4 Å². The molecule has 0 saturated carbocycles. The van der Waals surface area contributed by atoms with E-state index >= 15 is 0 Å². The zero-order chi connectivity index (χ0) is 17.3. The predicted molar refractivity (Wildman–Crippen MR) is 90.8 cm³/mol. The molecule has 24 heavy (non-hydrogen) atoms. The van der Waals surface area contributed by atoms with Gasteiger partial charge in [-0.25, -0.2) is 0 Å². The third kappa shape index (κ3) is 2.51. The lowest BCUT2D eigenvalue weighted by molar-refractivity contribution is -0.264. The summed E-state index contributed by atoms with van der Waals surface area (Å²) in [6.07, 6.45) is -0.851. The zero-order valence-electron chi connectivity index (χ0n) is 14.0. The number of amides is 1. The van der Waals surface area contributed by atoms with Gasteiger partial charge in [0.25, 0.3) is 5.91 Å². The summed E-state index contributed by atoms with van der Waals surface area (Å²) in [6.45, 7) is 2.17. The van der Waals surface area contributed by atoms with Crippen molar-refractivity contribution in [1.29, 1.82) is 0 Å². The summed E-state index contributed by atoms with van der Waals surface area (Å²) in [6, 6.07) is 14.9. The molecular weight excluding hydrogens is 306 g/mol. The minimum Gasteiger partial charge on any atom is -0.387 e. The Bertz CT molecular complexity index is 735. The van der Waals surface area contributed by atoms with E-state index < -0.39 is 11.9 Å². The summed E-state index contributed by atoms with van der Waals surface area (Å²) < 4.78 is 10.8. The van der Waals surface area contributed by atoms with Gasteiger partial charge in [0.15, 0.2) is 0 Å². The largest absolute Gasteiger partial charge is 0.387 e. The smallest absolute Gasteiger partial charge is 0.258 e. The fourth-order valence-electron chi connectivity index (χ4n) is 3.24. The quantitative estimate of drug-likeness (QED) is 0.858. The number of anilines is 1. The number of fused-ring (bicyclic) bond motifs is 1. The lowest BCUT2D eigenvalue weighted by atomic mass is 10.00. The standard InChI is InChI=1S/C19H21NO4/c1-13(21)19(23-2,24-3)15-8-10-16(11-9-15)20-12-14-6-4-5-7-17(14)18(20)22/h4-11,13,21H,12H2,1-3H3. The fourth-order valence-corrected chi connectivity index (χ4v) is 3.24. The van der Waals surface area contributed by atoms with E-state index in [0.717, 1.165) is 16.8 Å². The lowest BCUT2D eigenvalue weighted by Gasteiger charge is -2.34. The van der Waals surface area contributed by atoms with Crippen molar-refractivity contribution in [3.63, 3.8) is 0 Å². The molecule has 0 spiro atoms. The predicted octanol–water partition coefficient (Wildman–Crippen LogP) is 2.67. The van der Waals surface area contributed by atoms with E-state index in [9.17, 15) is 9.90 Å². The topological polar surface area (TPSA) is 59.0 Å². The Morgan fingerprint density at radius 2 is 1.71 bits per heavy atom. The molecule has 1 unspecified atom stereocenters. The molecule has 1 N–H and O–H groups in total. The lowest BCUT2D eigenvalue weighted by Crippen LogP contribution is -2.41. The number of carbonyl (C=O) groups is 1. The number of rotatable bonds is 5. The number of hydrogen-bond donors (Lipinski definition) is 1. The molecule has 0 bridgehead atoms. The molecule has 0 fully saturated rings. The number of hydrogen-bond acceptors (Lipinski definition) is 4. The highest BCUT2D eigenvalue weighted by molar-refractivity contribution is 6.09. The van der Waals surface area contributed by atoms with E-state index in [1.807, 2.05) is 48.5 Å². The van der Waals surface area contributed by atoms with Crippen molar-refractivity contribution in [2.75, 3.05) is 19.1 Å². The van der Waals surface area contributed by atoms with Gasteiger partial charge in [0.1, 0.15) is 6.10 Å². The summed E-state index contributed by atoms with van der Waals surface area (Å²) in [4.78, 5) is 14.3. The van der Waals surface area contributed by atoms with Crippen LogP contribution in [-0.4, -0.2) is 31.3 Å².